The fourth-order valence-electron chi connectivity index (χ4n) is 2.70. The van der Waals surface area contributed by atoms with E-state index in [1.807, 2.05) is 0 Å². The van der Waals surface area contributed by atoms with Gasteiger partial charge in [-0.25, -0.2) is 4.98 Å². The molecule has 4 rings (SSSR count). The van der Waals surface area contributed by atoms with Crippen LogP contribution in [-0.2, 0) is 17.8 Å². The Morgan fingerprint density at radius 3 is 3.04 bits per heavy atom. The molecule has 3 heterocycles. The highest BCUT2D eigenvalue weighted by atomic mass is 32.1. The molecule has 0 atom stereocenters. The van der Waals surface area contributed by atoms with Crippen molar-refractivity contribution in [3.05, 3.63) is 34.7 Å². The van der Waals surface area contributed by atoms with Gasteiger partial charge in [0.05, 0.1) is 24.1 Å². The highest BCUT2D eigenvalue weighted by molar-refractivity contribution is 7.15. The number of nitrogens with one attached hydrogen (secondary N) is 2. The lowest BCUT2D eigenvalue weighted by atomic mass is 10.2. The van der Waals surface area contributed by atoms with Gasteiger partial charge in [0.25, 0.3) is 5.91 Å². The first-order chi connectivity index (χ1) is 11.7. The van der Waals surface area contributed by atoms with Gasteiger partial charge in [-0.1, -0.05) is 0 Å². The number of thiazole rings is 1. The molecule has 2 N–H and O–H groups in total. The molecule has 126 valence electrons. The number of hydrogen-bond acceptors (Lipinski definition) is 6. The van der Waals surface area contributed by atoms with Crippen molar-refractivity contribution in [1.29, 1.82) is 0 Å². The van der Waals surface area contributed by atoms with Gasteiger partial charge in [0, 0.05) is 30.4 Å². The summed E-state index contributed by atoms with van der Waals surface area (Å²) in [6.07, 6.45) is 5.87. The van der Waals surface area contributed by atoms with Gasteiger partial charge in [0.2, 0.25) is 5.91 Å². The summed E-state index contributed by atoms with van der Waals surface area (Å²) in [7, 11) is 0. The zero-order valence-electron chi connectivity index (χ0n) is 13.1. The van der Waals surface area contributed by atoms with E-state index in [2.05, 4.69) is 20.5 Å². The zero-order valence-corrected chi connectivity index (χ0v) is 13.9. The molecule has 2 aromatic heterocycles. The summed E-state index contributed by atoms with van der Waals surface area (Å²) in [4.78, 5) is 31.7. The first kappa shape index (κ1) is 15.3. The topological polar surface area (TPSA) is 87.5 Å². The maximum absolute atomic E-state index is 12.0. The van der Waals surface area contributed by atoms with Gasteiger partial charge >= 0.3 is 0 Å². The predicted octanol–water partition coefficient (Wildman–Crippen LogP) is 1.63. The second-order valence-electron chi connectivity index (χ2n) is 6.16. The van der Waals surface area contributed by atoms with Gasteiger partial charge < -0.3 is 9.73 Å². The molecule has 0 bridgehead atoms. The normalized spacial score (nSPS) is 17.3. The Labute approximate surface area is 143 Å². The average Bonchev–Trinajstić information content (AvgIpc) is 3.05. The predicted molar refractivity (Wildman–Crippen MR) is 88.9 cm³/mol. The molecular formula is C16H18N4O3S. The fourth-order valence-corrected chi connectivity index (χ4v) is 3.75. The van der Waals surface area contributed by atoms with Gasteiger partial charge in [-0.05, 0) is 18.9 Å². The molecule has 1 aliphatic heterocycles. The summed E-state index contributed by atoms with van der Waals surface area (Å²) in [5.74, 6) is -0.130. The highest BCUT2D eigenvalue weighted by Crippen LogP contribution is 2.28. The third kappa shape index (κ3) is 3.49. The first-order valence-corrected chi connectivity index (χ1v) is 8.83. The minimum Gasteiger partial charge on any atom is -0.472 e. The van der Waals surface area contributed by atoms with E-state index < -0.39 is 0 Å². The molecule has 2 amide bonds. The van der Waals surface area contributed by atoms with E-state index in [1.54, 1.807) is 6.07 Å². The molecule has 0 spiro atoms. The van der Waals surface area contributed by atoms with E-state index in [-0.39, 0.29) is 11.8 Å². The van der Waals surface area contributed by atoms with E-state index in [1.165, 1.54) is 23.9 Å². The van der Waals surface area contributed by atoms with Crippen molar-refractivity contribution >= 4 is 28.3 Å². The van der Waals surface area contributed by atoms with Crippen LogP contribution in [0, 0.1) is 0 Å². The summed E-state index contributed by atoms with van der Waals surface area (Å²) in [5, 5.41) is 6.41. The van der Waals surface area contributed by atoms with Crippen molar-refractivity contribution in [3.63, 3.8) is 0 Å². The summed E-state index contributed by atoms with van der Waals surface area (Å²) in [6, 6.07) is 2.01. The minimum atomic E-state index is -0.226. The minimum absolute atomic E-state index is 0.0962. The maximum Gasteiger partial charge on any atom is 0.260 e. The number of nitrogens with zero attached hydrogens (tertiary/aromatic N) is 2. The third-order valence-electron chi connectivity index (χ3n) is 4.12. The molecule has 0 saturated heterocycles. The van der Waals surface area contributed by atoms with Gasteiger partial charge in [-0.15, -0.1) is 11.3 Å². The molecule has 1 fully saturated rings. The number of rotatable bonds is 5. The van der Waals surface area contributed by atoms with Crippen LogP contribution >= 0.6 is 11.3 Å². The molecular weight excluding hydrogens is 328 g/mol. The van der Waals surface area contributed by atoms with Crippen molar-refractivity contribution in [2.75, 3.05) is 18.4 Å². The SMILES string of the molecule is O=C(CN1CCc2nc(NC(=O)c3ccoc3)sc2C1)NC1CC1. The van der Waals surface area contributed by atoms with Crippen LogP contribution in [0.1, 0.15) is 33.8 Å². The van der Waals surface area contributed by atoms with Gasteiger partial charge in [0.1, 0.15) is 6.26 Å². The number of hydrogen-bond donors (Lipinski definition) is 2. The number of carbonyl (C=O) groups is 2. The lowest BCUT2D eigenvalue weighted by Gasteiger charge is -2.25. The molecule has 0 aromatic carbocycles. The maximum atomic E-state index is 12.0. The van der Waals surface area contributed by atoms with Crippen LogP contribution in [0.2, 0.25) is 0 Å². The molecule has 0 radical (unpaired) electrons. The first-order valence-electron chi connectivity index (χ1n) is 8.01. The van der Waals surface area contributed by atoms with Crippen LogP contribution < -0.4 is 10.6 Å². The molecule has 24 heavy (non-hydrogen) atoms. The Balaban J connectivity index is 1.36. The molecule has 1 saturated carbocycles. The van der Waals surface area contributed by atoms with E-state index in [4.69, 9.17) is 4.42 Å². The lowest BCUT2D eigenvalue weighted by molar-refractivity contribution is -0.122. The summed E-state index contributed by atoms with van der Waals surface area (Å²) in [6.45, 7) is 1.93. The Bertz CT molecular complexity index is 751. The summed E-state index contributed by atoms with van der Waals surface area (Å²) < 4.78 is 4.92. The summed E-state index contributed by atoms with van der Waals surface area (Å²) >= 11 is 1.47. The quantitative estimate of drug-likeness (QED) is 0.859. The summed E-state index contributed by atoms with van der Waals surface area (Å²) in [5.41, 5.74) is 1.49. The van der Waals surface area contributed by atoms with Crippen molar-refractivity contribution in [3.8, 4) is 0 Å². The largest absolute Gasteiger partial charge is 0.472 e. The van der Waals surface area contributed by atoms with E-state index >= 15 is 0 Å². The molecule has 8 heteroatoms. The van der Waals surface area contributed by atoms with Crippen LogP contribution in [-0.4, -0.2) is 40.8 Å². The number of furan rings is 1. The van der Waals surface area contributed by atoms with E-state index in [0.29, 0.717) is 29.8 Å². The number of fused-ring (bicyclic) bond motifs is 1. The van der Waals surface area contributed by atoms with Crippen molar-refractivity contribution in [1.82, 2.24) is 15.2 Å². The molecule has 1 aliphatic carbocycles. The number of carbonyl (C=O) groups excluding carboxylic acids is 2. The van der Waals surface area contributed by atoms with Crippen molar-refractivity contribution in [2.24, 2.45) is 0 Å². The molecule has 0 unspecified atom stereocenters. The lowest BCUT2D eigenvalue weighted by Crippen LogP contribution is -2.40. The monoisotopic (exact) mass is 346 g/mol. The molecule has 2 aromatic rings. The fraction of sp³-hybridized carbons (Fsp3) is 0.438. The standard InChI is InChI=1S/C16H18N4O3S/c21-14(17-11-1-2-11)8-20-5-3-12-13(7-20)24-16(18-12)19-15(22)10-4-6-23-9-10/h4,6,9,11H,1-3,5,7-8H2,(H,17,21)(H,18,19,22). The van der Waals surface area contributed by atoms with Crippen molar-refractivity contribution in [2.45, 2.75) is 31.8 Å². The Kier molecular flexibility index (Phi) is 4.07. The van der Waals surface area contributed by atoms with E-state index in [9.17, 15) is 9.59 Å². The average molecular weight is 346 g/mol. The molecule has 7 nitrogen and oxygen atoms in total. The Morgan fingerprint density at radius 1 is 1.42 bits per heavy atom. The number of amides is 2. The van der Waals surface area contributed by atoms with Crippen molar-refractivity contribution < 1.29 is 14.0 Å². The highest BCUT2D eigenvalue weighted by Gasteiger charge is 2.26. The Morgan fingerprint density at radius 2 is 2.29 bits per heavy atom. The number of anilines is 1. The van der Waals surface area contributed by atoms with Crippen LogP contribution in [0.3, 0.4) is 0 Å². The van der Waals surface area contributed by atoms with Gasteiger partial charge in [-0.2, -0.15) is 0 Å². The van der Waals surface area contributed by atoms with Crippen LogP contribution in [0.4, 0.5) is 5.13 Å². The van der Waals surface area contributed by atoms with Crippen LogP contribution in [0.15, 0.2) is 23.0 Å². The smallest absolute Gasteiger partial charge is 0.260 e. The van der Waals surface area contributed by atoms with Gasteiger partial charge in [-0.3, -0.25) is 19.8 Å². The van der Waals surface area contributed by atoms with Crippen LogP contribution in [0.25, 0.3) is 0 Å². The molecule has 2 aliphatic rings. The Hall–Kier alpha value is -2.19. The zero-order chi connectivity index (χ0) is 16.5. The second kappa shape index (κ2) is 6.37. The second-order valence-corrected chi connectivity index (χ2v) is 7.24. The van der Waals surface area contributed by atoms with Crippen LogP contribution in [0.5, 0.6) is 0 Å². The number of aromatic nitrogens is 1. The third-order valence-corrected chi connectivity index (χ3v) is 5.12. The van der Waals surface area contributed by atoms with E-state index in [0.717, 1.165) is 36.4 Å². The van der Waals surface area contributed by atoms with Gasteiger partial charge in [0.15, 0.2) is 5.13 Å².